The van der Waals surface area contributed by atoms with E-state index in [1.54, 1.807) is 12.2 Å². The van der Waals surface area contributed by atoms with Crippen LogP contribution in [0, 0.1) is 38.7 Å². The van der Waals surface area contributed by atoms with Crippen LogP contribution in [0.2, 0.25) is 0 Å². The van der Waals surface area contributed by atoms with E-state index in [-0.39, 0.29) is 49.4 Å². The lowest BCUT2D eigenvalue weighted by Crippen LogP contribution is -2.61. The number of amides is 1. The number of carbonyl (C=O) groups excluding carboxylic acids is 4. The van der Waals surface area contributed by atoms with E-state index in [9.17, 15) is 39.5 Å². The molecule has 0 aromatic carbocycles. The Bertz CT molecular complexity index is 1150. The number of carbonyl (C=O) groups is 4. The van der Waals surface area contributed by atoms with Gasteiger partial charge in [-0.3, -0.25) is 19.2 Å². The number of esters is 1. The van der Waals surface area contributed by atoms with Gasteiger partial charge in [-0.25, -0.2) is 0 Å². The van der Waals surface area contributed by atoms with Crippen LogP contribution in [0.1, 0.15) is 71.6 Å². The third kappa shape index (κ3) is 5.94. The zero-order valence-electron chi connectivity index (χ0n) is 23.6. The SMILES string of the molecule is C[C@]12C=CC(=O)C=C1CCC1C2[C@@H](O)C[C@@]2(C)C1CC[C@]2(O)C(=O)COC(=O)CNC(=O)CCCCCO[N+](=O)[O-]. The minimum atomic E-state index is -1.76. The molecule has 12 heteroatoms. The quantitative estimate of drug-likeness (QED) is 0.134. The monoisotopic (exact) mass is 576 g/mol. The van der Waals surface area contributed by atoms with Crippen molar-refractivity contribution in [2.75, 3.05) is 19.8 Å². The van der Waals surface area contributed by atoms with E-state index < -0.39 is 58.4 Å². The molecular weight excluding hydrogens is 536 g/mol. The summed E-state index contributed by atoms with van der Waals surface area (Å²) in [7, 11) is 0. The number of allylic oxidation sites excluding steroid dienone is 4. The summed E-state index contributed by atoms with van der Waals surface area (Å²) in [5.41, 5.74) is -2.09. The summed E-state index contributed by atoms with van der Waals surface area (Å²) in [6.45, 7) is 2.80. The second-order valence-corrected chi connectivity index (χ2v) is 12.3. The van der Waals surface area contributed by atoms with Crippen LogP contribution < -0.4 is 5.32 Å². The molecule has 41 heavy (non-hydrogen) atoms. The number of nitrogens with one attached hydrogen (secondary N) is 1. The summed E-state index contributed by atoms with van der Waals surface area (Å²) >= 11 is 0. The molecule has 4 aliphatic carbocycles. The molecular formula is C29H40N2O10. The molecule has 226 valence electrons. The minimum absolute atomic E-state index is 0.0182. The Balaban J connectivity index is 1.29. The number of nitrogens with zero attached hydrogens (tertiary/aromatic N) is 1. The standard InChI is InChI=1S/C29H40N2O10/c1-27-11-9-19(32)14-18(27)7-8-20-21-10-12-29(37,28(21,2)15-22(33)26(20)27)23(34)17-40-25(36)16-30-24(35)6-4-3-5-13-41-31(38)39/h9,11,14,20-22,26,33,37H,3-8,10,12-13,15-17H2,1-2H3,(H,30,35)/t20?,21?,22-,26?,27-,28-,29-/m0/s1. The number of hydrogen-bond acceptors (Lipinski definition) is 10. The smallest absolute Gasteiger partial charge is 0.325 e. The van der Waals surface area contributed by atoms with Gasteiger partial charge in [-0.2, -0.15) is 0 Å². The van der Waals surface area contributed by atoms with Crippen molar-refractivity contribution in [3.63, 3.8) is 0 Å². The van der Waals surface area contributed by atoms with Crippen LogP contribution in [0.25, 0.3) is 0 Å². The van der Waals surface area contributed by atoms with Gasteiger partial charge in [-0.1, -0.05) is 31.9 Å². The van der Waals surface area contributed by atoms with E-state index in [1.807, 2.05) is 13.0 Å². The van der Waals surface area contributed by atoms with E-state index in [0.29, 0.717) is 25.7 Å². The van der Waals surface area contributed by atoms with Gasteiger partial charge < -0.3 is 25.1 Å². The molecule has 3 unspecified atom stereocenters. The average Bonchev–Trinajstić information content (AvgIpc) is 3.18. The van der Waals surface area contributed by atoms with E-state index in [1.165, 1.54) is 0 Å². The largest absolute Gasteiger partial charge is 0.456 e. The molecule has 12 nitrogen and oxygen atoms in total. The van der Waals surface area contributed by atoms with Crippen molar-refractivity contribution in [2.24, 2.45) is 28.6 Å². The fourth-order valence-electron chi connectivity index (χ4n) is 8.07. The Kier molecular flexibility index (Phi) is 9.03. The number of ketones is 2. The number of ether oxygens (including phenoxy) is 1. The van der Waals surface area contributed by atoms with Crippen molar-refractivity contribution in [3.8, 4) is 0 Å². The molecule has 1 amide bonds. The summed E-state index contributed by atoms with van der Waals surface area (Å²) in [6.07, 6.45) is 8.43. The van der Waals surface area contributed by atoms with Crippen LogP contribution >= 0.6 is 0 Å². The lowest BCUT2D eigenvalue weighted by molar-refractivity contribution is -0.757. The van der Waals surface area contributed by atoms with Crippen LogP contribution in [0.3, 0.4) is 0 Å². The summed E-state index contributed by atoms with van der Waals surface area (Å²) in [5.74, 6) is -1.95. The van der Waals surface area contributed by atoms with Crippen molar-refractivity contribution < 1.29 is 44.1 Å². The maximum absolute atomic E-state index is 13.3. The Labute approximate surface area is 238 Å². The van der Waals surface area contributed by atoms with Crippen LogP contribution in [-0.2, 0) is 28.8 Å². The molecule has 4 aliphatic rings. The first kappa shape index (κ1) is 30.8. The molecule has 0 spiro atoms. The molecule has 3 fully saturated rings. The predicted octanol–water partition coefficient (Wildman–Crippen LogP) is 1.99. The van der Waals surface area contributed by atoms with Crippen LogP contribution in [0.5, 0.6) is 0 Å². The third-order valence-electron chi connectivity index (χ3n) is 10.1. The Morgan fingerprint density at radius 3 is 2.68 bits per heavy atom. The average molecular weight is 577 g/mol. The fourth-order valence-corrected chi connectivity index (χ4v) is 8.07. The van der Waals surface area contributed by atoms with Crippen molar-refractivity contribution >= 4 is 23.4 Å². The molecule has 7 atom stereocenters. The molecule has 0 heterocycles. The van der Waals surface area contributed by atoms with Crippen LogP contribution in [-0.4, -0.2) is 70.2 Å². The summed E-state index contributed by atoms with van der Waals surface area (Å²) in [4.78, 5) is 63.8. The number of aliphatic hydroxyl groups excluding tert-OH is 1. The zero-order valence-corrected chi connectivity index (χ0v) is 23.6. The second-order valence-electron chi connectivity index (χ2n) is 12.3. The number of rotatable bonds is 12. The highest BCUT2D eigenvalue weighted by Gasteiger charge is 2.68. The molecule has 3 N–H and O–H groups in total. The molecule has 0 aliphatic heterocycles. The highest BCUT2D eigenvalue weighted by Crippen LogP contribution is 2.67. The van der Waals surface area contributed by atoms with E-state index in [4.69, 9.17) is 4.74 Å². The van der Waals surface area contributed by atoms with Gasteiger partial charge in [0.15, 0.2) is 12.4 Å². The molecule has 3 saturated carbocycles. The fraction of sp³-hybridized carbons (Fsp3) is 0.724. The van der Waals surface area contributed by atoms with Gasteiger partial charge in [-0.15, -0.1) is 10.1 Å². The van der Waals surface area contributed by atoms with Crippen molar-refractivity contribution in [1.82, 2.24) is 5.32 Å². The van der Waals surface area contributed by atoms with Gasteiger partial charge >= 0.3 is 5.97 Å². The Morgan fingerprint density at radius 2 is 1.95 bits per heavy atom. The molecule has 0 radical (unpaired) electrons. The lowest BCUT2D eigenvalue weighted by atomic mass is 9.46. The number of unbranched alkanes of at least 4 members (excludes halogenated alkanes) is 2. The van der Waals surface area contributed by atoms with Gasteiger partial charge in [0.05, 0.1) is 12.7 Å². The Morgan fingerprint density at radius 1 is 1.20 bits per heavy atom. The maximum atomic E-state index is 13.3. The van der Waals surface area contributed by atoms with Crippen molar-refractivity contribution in [1.29, 1.82) is 0 Å². The van der Waals surface area contributed by atoms with Crippen LogP contribution in [0.15, 0.2) is 23.8 Å². The number of Topliss-reactive ketones (excluding diaryl/α,β-unsaturated/α-hetero) is 1. The third-order valence-corrected chi connectivity index (χ3v) is 10.1. The molecule has 0 saturated heterocycles. The lowest BCUT2D eigenvalue weighted by Gasteiger charge is -2.59. The van der Waals surface area contributed by atoms with Gasteiger partial charge in [0.2, 0.25) is 11.7 Å². The molecule has 4 rings (SSSR count). The number of aliphatic hydroxyl groups is 2. The summed E-state index contributed by atoms with van der Waals surface area (Å²) < 4.78 is 5.11. The highest BCUT2D eigenvalue weighted by molar-refractivity contribution is 6.01. The van der Waals surface area contributed by atoms with E-state index in [2.05, 4.69) is 17.1 Å². The Hall–Kier alpha value is -3.12. The molecule has 0 bridgehead atoms. The first-order valence-corrected chi connectivity index (χ1v) is 14.4. The normalized spacial score (nSPS) is 35.4. The van der Waals surface area contributed by atoms with Crippen molar-refractivity contribution in [3.05, 3.63) is 33.9 Å². The highest BCUT2D eigenvalue weighted by atomic mass is 16.9. The van der Waals surface area contributed by atoms with Crippen molar-refractivity contribution in [2.45, 2.75) is 83.3 Å². The topological polar surface area (TPSA) is 182 Å². The first-order chi connectivity index (χ1) is 19.3. The van der Waals surface area contributed by atoms with E-state index in [0.717, 1.165) is 18.4 Å². The van der Waals surface area contributed by atoms with Gasteiger partial charge in [-0.05, 0) is 68.9 Å². The van der Waals surface area contributed by atoms with Gasteiger partial charge in [0, 0.05) is 23.2 Å². The predicted molar refractivity (Wildman–Crippen MR) is 143 cm³/mol. The van der Waals surface area contributed by atoms with Crippen LogP contribution in [0.4, 0.5) is 0 Å². The number of hydrogen-bond donors (Lipinski definition) is 3. The maximum Gasteiger partial charge on any atom is 0.325 e. The van der Waals surface area contributed by atoms with Gasteiger partial charge in [0.1, 0.15) is 12.1 Å². The first-order valence-electron chi connectivity index (χ1n) is 14.4. The summed E-state index contributed by atoms with van der Waals surface area (Å²) in [5, 5.41) is 34.8. The summed E-state index contributed by atoms with van der Waals surface area (Å²) in [6, 6.07) is 0. The molecule has 0 aromatic rings. The van der Waals surface area contributed by atoms with Gasteiger partial charge in [0.25, 0.3) is 5.09 Å². The number of fused-ring (bicyclic) bond motifs is 5. The van der Waals surface area contributed by atoms with E-state index >= 15 is 0 Å². The zero-order chi connectivity index (χ0) is 30.0. The molecule has 0 aromatic heterocycles. The second kappa shape index (κ2) is 12.0. The minimum Gasteiger partial charge on any atom is -0.456 e.